The summed E-state index contributed by atoms with van der Waals surface area (Å²) in [6.07, 6.45) is 5.04. The van der Waals surface area contributed by atoms with Crippen LogP contribution in [0, 0.1) is 12.3 Å². The van der Waals surface area contributed by atoms with E-state index in [1.165, 1.54) is 7.11 Å². The summed E-state index contributed by atoms with van der Waals surface area (Å²) in [5.41, 5.74) is 0.973. The Bertz CT molecular complexity index is 898. The highest BCUT2D eigenvalue weighted by Crippen LogP contribution is 2.28. The zero-order valence-electron chi connectivity index (χ0n) is 16.7. The van der Waals surface area contributed by atoms with Crippen LogP contribution in [0.15, 0.2) is 36.4 Å². The Morgan fingerprint density at radius 1 is 1.10 bits per heavy atom. The van der Waals surface area contributed by atoms with Gasteiger partial charge in [0.15, 0.2) is 17.6 Å². The molecule has 0 bridgehead atoms. The molecule has 1 atom stereocenters. The summed E-state index contributed by atoms with van der Waals surface area (Å²) >= 11 is 11.8. The number of carbonyl (C=O) groups is 1. The van der Waals surface area contributed by atoms with E-state index in [0.29, 0.717) is 40.3 Å². The van der Waals surface area contributed by atoms with Gasteiger partial charge >= 0.3 is 0 Å². The maximum atomic E-state index is 12.4. The number of carbonyl (C=O) groups excluding carboxylic acids is 1. The van der Waals surface area contributed by atoms with Crippen LogP contribution in [0.4, 0.5) is 0 Å². The zero-order valence-corrected chi connectivity index (χ0v) is 18.3. The second-order valence-electron chi connectivity index (χ2n) is 6.13. The van der Waals surface area contributed by atoms with E-state index in [9.17, 15) is 4.79 Å². The van der Waals surface area contributed by atoms with Crippen LogP contribution in [0.5, 0.6) is 17.2 Å². The molecule has 2 rings (SSSR count). The van der Waals surface area contributed by atoms with Crippen molar-refractivity contribution >= 4 is 29.1 Å². The molecule has 6 nitrogen and oxygen atoms in total. The van der Waals surface area contributed by atoms with Crippen molar-refractivity contribution in [3.63, 3.8) is 0 Å². The zero-order chi connectivity index (χ0) is 21.9. The Kier molecular flexibility index (Phi) is 9.62. The van der Waals surface area contributed by atoms with Gasteiger partial charge in [0.05, 0.1) is 17.2 Å². The van der Waals surface area contributed by atoms with Crippen LogP contribution in [-0.4, -0.2) is 46.0 Å². The summed E-state index contributed by atoms with van der Waals surface area (Å²) in [4.78, 5) is 12.4. The van der Waals surface area contributed by atoms with E-state index in [-0.39, 0.29) is 19.1 Å². The van der Waals surface area contributed by atoms with Gasteiger partial charge in [0.2, 0.25) is 0 Å². The van der Waals surface area contributed by atoms with Gasteiger partial charge in [-0.25, -0.2) is 0 Å². The van der Waals surface area contributed by atoms with Gasteiger partial charge in [-0.15, -0.1) is 6.42 Å². The monoisotopic (exact) mass is 451 g/mol. The van der Waals surface area contributed by atoms with Crippen LogP contribution < -0.4 is 19.5 Å². The van der Waals surface area contributed by atoms with Crippen LogP contribution >= 0.6 is 23.2 Å². The molecule has 1 N–H and O–H groups in total. The fourth-order valence-electron chi connectivity index (χ4n) is 2.54. The summed E-state index contributed by atoms with van der Waals surface area (Å²) in [5, 5.41) is 3.64. The molecule has 0 aliphatic heterocycles. The van der Waals surface area contributed by atoms with Gasteiger partial charge < -0.3 is 24.3 Å². The predicted octanol–water partition coefficient (Wildman–Crippen LogP) is 3.77. The van der Waals surface area contributed by atoms with Crippen LogP contribution in [0.1, 0.15) is 5.56 Å². The van der Waals surface area contributed by atoms with E-state index in [1.54, 1.807) is 31.4 Å². The topological polar surface area (TPSA) is 66.0 Å². The third-order valence-electron chi connectivity index (χ3n) is 4.12. The summed E-state index contributed by atoms with van der Waals surface area (Å²) in [7, 11) is 3.00. The number of terminal acetylenes is 1. The van der Waals surface area contributed by atoms with Crippen LogP contribution in [-0.2, 0) is 16.0 Å². The summed E-state index contributed by atoms with van der Waals surface area (Å²) in [5.74, 6) is 3.78. The van der Waals surface area contributed by atoms with Crippen molar-refractivity contribution in [3.05, 3.63) is 52.0 Å². The van der Waals surface area contributed by atoms with Gasteiger partial charge in [-0.05, 0) is 36.2 Å². The Balaban J connectivity index is 1.84. The minimum absolute atomic E-state index is 0.0370. The lowest BCUT2D eigenvalue weighted by Crippen LogP contribution is -2.40. The summed E-state index contributed by atoms with van der Waals surface area (Å²) < 4.78 is 21.6. The molecular weight excluding hydrogens is 429 g/mol. The SMILES string of the molecule is C#CCOc1ccc(CCNC(=O)[C@H](COc2ccc(Cl)c(Cl)c2)OC)cc1OC. The van der Waals surface area contributed by atoms with Gasteiger partial charge in [0.1, 0.15) is 19.0 Å². The molecule has 0 saturated heterocycles. The Labute approximate surface area is 186 Å². The van der Waals surface area contributed by atoms with Gasteiger partial charge in [0, 0.05) is 19.7 Å². The molecule has 0 heterocycles. The first kappa shape index (κ1) is 23.7. The average molecular weight is 452 g/mol. The van der Waals surface area contributed by atoms with Crippen LogP contribution in [0.2, 0.25) is 10.0 Å². The highest BCUT2D eigenvalue weighted by Gasteiger charge is 2.18. The molecule has 2 aromatic rings. The predicted molar refractivity (Wildman–Crippen MR) is 117 cm³/mol. The second-order valence-corrected chi connectivity index (χ2v) is 6.94. The first-order valence-electron chi connectivity index (χ1n) is 9.10. The number of methoxy groups -OCH3 is 2. The number of rotatable bonds is 11. The number of hydrogen-bond donors (Lipinski definition) is 1. The van der Waals surface area contributed by atoms with E-state index >= 15 is 0 Å². The van der Waals surface area contributed by atoms with Crippen molar-refractivity contribution in [1.82, 2.24) is 5.32 Å². The fourth-order valence-corrected chi connectivity index (χ4v) is 2.83. The molecule has 0 spiro atoms. The smallest absolute Gasteiger partial charge is 0.252 e. The third kappa shape index (κ3) is 7.03. The maximum absolute atomic E-state index is 12.4. The van der Waals surface area contributed by atoms with Crippen molar-refractivity contribution in [2.24, 2.45) is 0 Å². The molecular formula is C22H23Cl2NO5. The number of nitrogens with one attached hydrogen (secondary N) is 1. The Morgan fingerprint density at radius 3 is 2.57 bits per heavy atom. The molecule has 8 heteroatoms. The minimum atomic E-state index is -0.770. The summed E-state index contributed by atoms with van der Waals surface area (Å²) in [6.45, 7) is 0.614. The van der Waals surface area contributed by atoms with Gasteiger partial charge in [-0.2, -0.15) is 0 Å². The molecule has 0 aromatic heterocycles. The normalized spacial score (nSPS) is 11.3. The molecule has 2 aromatic carbocycles. The van der Waals surface area contributed by atoms with Gasteiger partial charge in [-0.1, -0.05) is 35.2 Å². The van der Waals surface area contributed by atoms with E-state index in [4.69, 9.17) is 48.6 Å². The lowest BCUT2D eigenvalue weighted by molar-refractivity contribution is -0.132. The van der Waals surface area contributed by atoms with E-state index in [2.05, 4.69) is 11.2 Å². The second kappa shape index (κ2) is 12.2. The standard InChI is InChI=1S/C22H23Cl2NO5/c1-4-11-29-19-8-5-15(12-20(19)27-2)9-10-25-22(26)21(28-3)14-30-16-6-7-17(23)18(24)13-16/h1,5-8,12-13,21H,9-11,14H2,2-3H3,(H,25,26)/t21-/m0/s1. The number of hydrogen-bond acceptors (Lipinski definition) is 5. The number of ether oxygens (including phenoxy) is 4. The van der Waals surface area contributed by atoms with E-state index in [0.717, 1.165) is 5.56 Å². The molecule has 0 fully saturated rings. The number of benzene rings is 2. The molecule has 0 saturated carbocycles. The molecule has 0 radical (unpaired) electrons. The minimum Gasteiger partial charge on any atom is -0.493 e. The average Bonchev–Trinajstić information content (AvgIpc) is 2.75. The van der Waals surface area contributed by atoms with E-state index < -0.39 is 6.10 Å². The lowest BCUT2D eigenvalue weighted by atomic mass is 10.1. The Hall–Kier alpha value is -2.59. The molecule has 0 aliphatic carbocycles. The third-order valence-corrected chi connectivity index (χ3v) is 4.86. The fraction of sp³-hybridized carbons (Fsp3) is 0.318. The van der Waals surface area contributed by atoms with Crippen molar-refractivity contribution in [2.45, 2.75) is 12.5 Å². The molecule has 1 amide bonds. The number of halogens is 2. The maximum Gasteiger partial charge on any atom is 0.252 e. The molecule has 160 valence electrons. The highest BCUT2D eigenvalue weighted by molar-refractivity contribution is 6.42. The first-order valence-corrected chi connectivity index (χ1v) is 9.85. The quantitative estimate of drug-likeness (QED) is 0.526. The Morgan fingerprint density at radius 2 is 1.90 bits per heavy atom. The first-order chi connectivity index (χ1) is 14.5. The molecule has 0 unspecified atom stereocenters. The summed E-state index contributed by atoms with van der Waals surface area (Å²) in [6, 6.07) is 10.4. The van der Waals surface area contributed by atoms with E-state index in [1.807, 2.05) is 12.1 Å². The number of amides is 1. The highest BCUT2D eigenvalue weighted by atomic mass is 35.5. The molecule has 0 aliphatic rings. The van der Waals surface area contributed by atoms with Crippen LogP contribution in [0.25, 0.3) is 0 Å². The largest absolute Gasteiger partial charge is 0.493 e. The van der Waals surface area contributed by atoms with Crippen molar-refractivity contribution in [2.75, 3.05) is 34.0 Å². The van der Waals surface area contributed by atoms with Gasteiger partial charge in [-0.3, -0.25) is 4.79 Å². The van der Waals surface area contributed by atoms with Crippen molar-refractivity contribution in [1.29, 1.82) is 0 Å². The van der Waals surface area contributed by atoms with Crippen LogP contribution in [0.3, 0.4) is 0 Å². The van der Waals surface area contributed by atoms with Crippen molar-refractivity contribution in [3.8, 4) is 29.6 Å². The van der Waals surface area contributed by atoms with Gasteiger partial charge in [0.25, 0.3) is 5.91 Å². The lowest BCUT2D eigenvalue weighted by Gasteiger charge is -2.16. The van der Waals surface area contributed by atoms with Crippen molar-refractivity contribution < 1.29 is 23.7 Å². The molecule has 30 heavy (non-hydrogen) atoms.